The van der Waals surface area contributed by atoms with Crippen molar-refractivity contribution in [3.8, 4) is 0 Å². The lowest BCUT2D eigenvalue weighted by Gasteiger charge is -2.18. The Labute approximate surface area is 117 Å². The monoisotopic (exact) mass is 332 g/mol. The van der Waals surface area contributed by atoms with Gasteiger partial charge in [0.1, 0.15) is 5.82 Å². The smallest absolute Gasteiger partial charge is 0.153 e. The van der Waals surface area contributed by atoms with Gasteiger partial charge in [-0.1, -0.05) is 22.9 Å². The van der Waals surface area contributed by atoms with E-state index in [9.17, 15) is 4.39 Å². The van der Waals surface area contributed by atoms with E-state index in [2.05, 4.69) is 31.6 Å². The molecule has 1 N–H and O–H groups in total. The maximum atomic E-state index is 13.1. The highest BCUT2D eigenvalue weighted by molar-refractivity contribution is 9.10. The van der Waals surface area contributed by atoms with E-state index in [0.717, 1.165) is 11.3 Å². The first-order valence-corrected chi connectivity index (χ1v) is 6.39. The number of hydrogen-bond acceptors (Lipinski definition) is 3. The zero-order valence-corrected chi connectivity index (χ0v) is 12.1. The highest BCUT2D eigenvalue weighted by Gasteiger charge is 2.22. The van der Waals surface area contributed by atoms with Crippen LogP contribution in [0.15, 0.2) is 22.8 Å². The standard InChI is InChI=1S/C11H11BrClFN4/c1-15-9(10-11(12)16-17-18(10)2)7-4-3-6(14)5-8(7)13/h3-5,9,15H,1-2H3. The maximum absolute atomic E-state index is 13.1. The van der Waals surface area contributed by atoms with Crippen molar-refractivity contribution < 1.29 is 4.39 Å². The van der Waals surface area contributed by atoms with Crippen LogP contribution >= 0.6 is 27.5 Å². The molecule has 2 rings (SSSR count). The van der Waals surface area contributed by atoms with E-state index >= 15 is 0 Å². The number of nitrogens with zero attached hydrogens (tertiary/aromatic N) is 3. The molecule has 0 amide bonds. The second-order valence-corrected chi connectivity index (χ2v) is 4.93. The summed E-state index contributed by atoms with van der Waals surface area (Å²) >= 11 is 9.42. The Morgan fingerprint density at radius 3 is 2.72 bits per heavy atom. The molecule has 1 aromatic carbocycles. The number of rotatable bonds is 3. The molecule has 2 aromatic rings. The fraction of sp³-hybridized carbons (Fsp3) is 0.273. The van der Waals surface area contributed by atoms with Gasteiger partial charge in [-0.3, -0.25) is 0 Å². The minimum absolute atomic E-state index is 0.215. The molecule has 0 bridgehead atoms. The van der Waals surface area contributed by atoms with Gasteiger partial charge in [-0.15, -0.1) is 5.10 Å². The van der Waals surface area contributed by atoms with Gasteiger partial charge < -0.3 is 5.32 Å². The molecular formula is C11H11BrClFN4. The van der Waals surface area contributed by atoms with Gasteiger partial charge in [0.2, 0.25) is 0 Å². The molecule has 0 aliphatic heterocycles. The highest BCUT2D eigenvalue weighted by atomic mass is 79.9. The Balaban J connectivity index is 2.52. The lowest BCUT2D eigenvalue weighted by molar-refractivity contribution is 0.592. The fourth-order valence-electron chi connectivity index (χ4n) is 1.82. The van der Waals surface area contributed by atoms with Gasteiger partial charge in [0.15, 0.2) is 4.60 Å². The molecule has 1 aromatic heterocycles. The average Bonchev–Trinajstić information content (AvgIpc) is 2.64. The van der Waals surface area contributed by atoms with E-state index in [1.165, 1.54) is 12.1 Å². The van der Waals surface area contributed by atoms with Crippen LogP contribution in [0.3, 0.4) is 0 Å². The molecule has 0 aliphatic rings. The summed E-state index contributed by atoms with van der Waals surface area (Å²) in [6, 6.07) is 4.10. The second-order valence-electron chi connectivity index (χ2n) is 3.78. The summed E-state index contributed by atoms with van der Waals surface area (Å²) in [7, 11) is 3.58. The van der Waals surface area contributed by atoms with Crippen molar-refractivity contribution in [2.45, 2.75) is 6.04 Å². The molecule has 0 saturated carbocycles. The third-order valence-electron chi connectivity index (χ3n) is 2.66. The third kappa shape index (κ3) is 2.41. The van der Waals surface area contributed by atoms with E-state index < -0.39 is 0 Å². The topological polar surface area (TPSA) is 42.7 Å². The van der Waals surface area contributed by atoms with Crippen LogP contribution in [0.2, 0.25) is 5.02 Å². The molecule has 4 nitrogen and oxygen atoms in total. The van der Waals surface area contributed by atoms with E-state index in [-0.39, 0.29) is 11.9 Å². The van der Waals surface area contributed by atoms with Crippen molar-refractivity contribution in [2.75, 3.05) is 7.05 Å². The van der Waals surface area contributed by atoms with Gasteiger partial charge in [0.25, 0.3) is 0 Å². The molecule has 1 atom stereocenters. The van der Waals surface area contributed by atoms with Gasteiger partial charge >= 0.3 is 0 Å². The number of hydrogen-bond donors (Lipinski definition) is 1. The summed E-state index contributed by atoms with van der Waals surface area (Å²) in [4.78, 5) is 0. The summed E-state index contributed by atoms with van der Waals surface area (Å²) < 4.78 is 15.3. The molecule has 18 heavy (non-hydrogen) atoms. The Morgan fingerprint density at radius 1 is 1.50 bits per heavy atom. The van der Waals surface area contributed by atoms with Gasteiger partial charge in [-0.25, -0.2) is 9.07 Å². The van der Waals surface area contributed by atoms with Crippen molar-refractivity contribution in [1.82, 2.24) is 20.3 Å². The second kappa shape index (κ2) is 5.34. The van der Waals surface area contributed by atoms with E-state index in [4.69, 9.17) is 11.6 Å². The first kappa shape index (κ1) is 13.5. The highest BCUT2D eigenvalue weighted by Crippen LogP contribution is 2.31. The van der Waals surface area contributed by atoms with Crippen LogP contribution in [0.4, 0.5) is 4.39 Å². The molecule has 0 fully saturated rings. The SMILES string of the molecule is CNC(c1ccc(F)cc1Cl)c1c(Br)nnn1C. The molecular weight excluding hydrogens is 323 g/mol. The number of halogens is 3. The molecule has 0 spiro atoms. The van der Waals surface area contributed by atoms with Crippen molar-refractivity contribution in [2.24, 2.45) is 7.05 Å². The summed E-state index contributed by atoms with van der Waals surface area (Å²) in [5, 5.41) is 11.3. The Hall–Kier alpha value is -0.980. The number of aromatic nitrogens is 3. The average molecular weight is 334 g/mol. The van der Waals surface area contributed by atoms with Gasteiger partial charge in [-0.05, 0) is 40.7 Å². The molecule has 1 unspecified atom stereocenters. The number of aryl methyl sites for hydroxylation is 1. The summed E-state index contributed by atoms with van der Waals surface area (Å²) in [6.07, 6.45) is 0. The van der Waals surface area contributed by atoms with Crippen LogP contribution in [-0.4, -0.2) is 22.0 Å². The van der Waals surface area contributed by atoms with Crippen molar-refractivity contribution >= 4 is 27.5 Å². The fourth-order valence-corrected chi connectivity index (χ4v) is 2.65. The van der Waals surface area contributed by atoms with Gasteiger partial charge in [0.05, 0.1) is 11.7 Å². The first-order chi connectivity index (χ1) is 8.54. The van der Waals surface area contributed by atoms with Gasteiger partial charge in [0, 0.05) is 12.1 Å². The minimum atomic E-state index is -0.360. The number of benzene rings is 1. The normalized spacial score (nSPS) is 12.7. The lowest BCUT2D eigenvalue weighted by atomic mass is 10.0. The Morgan fingerprint density at radius 2 is 2.22 bits per heavy atom. The zero-order valence-electron chi connectivity index (χ0n) is 9.78. The molecule has 1 heterocycles. The largest absolute Gasteiger partial charge is 0.308 e. The maximum Gasteiger partial charge on any atom is 0.153 e. The number of nitrogens with one attached hydrogen (secondary N) is 1. The third-order valence-corrected chi connectivity index (χ3v) is 3.55. The quantitative estimate of drug-likeness (QED) is 0.939. The Kier molecular flexibility index (Phi) is 3.99. The summed E-state index contributed by atoms with van der Waals surface area (Å²) in [5.41, 5.74) is 1.60. The molecule has 7 heteroatoms. The van der Waals surface area contributed by atoms with E-state index in [1.807, 2.05) is 0 Å². The van der Waals surface area contributed by atoms with Crippen LogP contribution in [0, 0.1) is 5.82 Å². The van der Waals surface area contributed by atoms with Gasteiger partial charge in [-0.2, -0.15) is 0 Å². The van der Waals surface area contributed by atoms with Crippen molar-refractivity contribution in [3.05, 3.63) is 44.9 Å². The van der Waals surface area contributed by atoms with Crippen molar-refractivity contribution in [3.63, 3.8) is 0 Å². The predicted octanol–water partition coefficient (Wildman–Crippen LogP) is 2.68. The first-order valence-electron chi connectivity index (χ1n) is 5.22. The zero-order chi connectivity index (χ0) is 13.3. The van der Waals surface area contributed by atoms with E-state index in [0.29, 0.717) is 9.63 Å². The summed E-state index contributed by atoms with van der Waals surface area (Å²) in [5.74, 6) is -0.360. The summed E-state index contributed by atoms with van der Waals surface area (Å²) in [6.45, 7) is 0. The lowest BCUT2D eigenvalue weighted by Crippen LogP contribution is -2.21. The van der Waals surface area contributed by atoms with Crippen LogP contribution in [0.1, 0.15) is 17.3 Å². The van der Waals surface area contributed by atoms with Crippen LogP contribution in [0.5, 0.6) is 0 Å². The minimum Gasteiger partial charge on any atom is -0.308 e. The van der Waals surface area contributed by atoms with Crippen molar-refractivity contribution in [1.29, 1.82) is 0 Å². The molecule has 0 saturated heterocycles. The van der Waals surface area contributed by atoms with Crippen LogP contribution in [0.25, 0.3) is 0 Å². The molecule has 0 radical (unpaired) electrons. The van der Waals surface area contributed by atoms with E-state index in [1.54, 1.807) is 24.8 Å². The molecule has 96 valence electrons. The molecule has 0 aliphatic carbocycles. The Bertz CT molecular complexity index is 553. The van der Waals surface area contributed by atoms with Crippen LogP contribution in [-0.2, 0) is 7.05 Å². The predicted molar refractivity (Wildman–Crippen MR) is 71.0 cm³/mol. The van der Waals surface area contributed by atoms with Crippen LogP contribution < -0.4 is 5.32 Å².